The van der Waals surface area contributed by atoms with E-state index >= 15 is 0 Å². The summed E-state index contributed by atoms with van der Waals surface area (Å²) in [5, 5.41) is 0. The number of hydrogen-bond donors (Lipinski definition) is 0. The Morgan fingerprint density at radius 3 is 2.08 bits per heavy atom. The van der Waals surface area contributed by atoms with E-state index in [1.54, 1.807) is 0 Å². The molecule has 0 spiro atoms. The first-order valence-corrected chi connectivity index (χ1v) is 7.85. The van der Waals surface area contributed by atoms with Crippen molar-refractivity contribution >= 4 is 5.78 Å². The van der Waals surface area contributed by atoms with Gasteiger partial charge < -0.3 is 4.74 Å². The highest BCUT2D eigenvalue weighted by Crippen LogP contribution is 2.22. The Hall–Kier alpha value is -2.30. The highest BCUT2D eigenvalue weighted by Gasteiger charge is 2.36. The van der Waals surface area contributed by atoms with E-state index in [-0.39, 0.29) is 6.42 Å². The van der Waals surface area contributed by atoms with E-state index in [4.69, 9.17) is 4.74 Å². The summed E-state index contributed by atoms with van der Waals surface area (Å²) in [6.07, 6.45) is -3.78. The molecule has 128 valence electrons. The van der Waals surface area contributed by atoms with Crippen LogP contribution in [0.5, 0.6) is 5.75 Å². The fourth-order valence-corrected chi connectivity index (χ4v) is 2.27. The number of benzene rings is 2. The predicted molar refractivity (Wildman–Crippen MR) is 86.9 cm³/mol. The highest BCUT2D eigenvalue weighted by molar-refractivity contribution is 5.83. The summed E-state index contributed by atoms with van der Waals surface area (Å²) >= 11 is 0. The first-order chi connectivity index (χ1) is 11.5. The third-order valence-electron chi connectivity index (χ3n) is 3.59. The van der Waals surface area contributed by atoms with Crippen molar-refractivity contribution < 1.29 is 22.7 Å². The highest BCUT2D eigenvalue weighted by atomic mass is 19.4. The van der Waals surface area contributed by atoms with E-state index in [9.17, 15) is 18.0 Å². The molecule has 0 bridgehead atoms. The van der Waals surface area contributed by atoms with Crippen LogP contribution in [0.1, 0.15) is 25.7 Å². The molecule has 0 amide bonds. The van der Waals surface area contributed by atoms with Crippen LogP contribution in [0.4, 0.5) is 13.2 Å². The Kier molecular flexibility index (Phi) is 6.41. The van der Waals surface area contributed by atoms with E-state index in [1.807, 2.05) is 54.6 Å². The maximum Gasteiger partial charge on any atom is 0.449 e. The summed E-state index contributed by atoms with van der Waals surface area (Å²) in [6, 6.07) is 17.6. The topological polar surface area (TPSA) is 26.3 Å². The maximum atomic E-state index is 12.0. The third-order valence-corrected chi connectivity index (χ3v) is 3.59. The summed E-state index contributed by atoms with van der Waals surface area (Å²) in [4.78, 5) is 10.7. The van der Waals surface area contributed by atoms with Crippen molar-refractivity contribution in [1.29, 1.82) is 0 Å². The Morgan fingerprint density at radius 2 is 1.46 bits per heavy atom. The molecule has 24 heavy (non-hydrogen) atoms. The van der Waals surface area contributed by atoms with Gasteiger partial charge in [0.1, 0.15) is 5.75 Å². The molecule has 0 unspecified atom stereocenters. The van der Waals surface area contributed by atoms with Crippen molar-refractivity contribution in [2.24, 2.45) is 0 Å². The van der Waals surface area contributed by atoms with E-state index in [0.717, 1.165) is 16.9 Å². The molecule has 0 radical (unpaired) electrons. The minimum absolute atomic E-state index is 0.231. The van der Waals surface area contributed by atoms with Gasteiger partial charge in [-0.2, -0.15) is 13.2 Å². The number of rotatable bonds is 8. The molecule has 5 heteroatoms. The van der Waals surface area contributed by atoms with Crippen LogP contribution in [0, 0.1) is 0 Å². The molecule has 2 aromatic carbocycles. The third kappa shape index (κ3) is 5.72. The van der Waals surface area contributed by atoms with Crippen molar-refractivity contribution in [3.8, 4) is 16.9 Å². The average Bonchev–Trinajstić information content (AvgIpc) is 2.58. The van der Waals surface area contributed by atoms with Gasteiger partial charge in [-0.25, -0.2) is 0 Å². The largest absolute Gasteiger partial charge is 0.494 e. The monoisotopic (exact) mass is 336 g/mol. The molecule has 2 rings (SSSR count). The normalized spacial score (nSPS) is 11.3. The van der Waals surface area contributed by atoms with Gasteiger partial charge in [-0.05, 0) is 42.5 Å². The molecule has 0 heterocycles. The van der Waals surface area contributed by atoms with E-state index < -0.39 is 18.4 Å². The summed E-state index contributed by atoms with van der Waals surface area (Å²) < 4.78 is 41.6. The second-order valence-corrected chi connectivity index (χ2v) is 5.47. The van der Waals surface area contributed by atoms with Crippen LogP contribution >= 0.6 is 0 Å². The number of alkyl halides is 3. The first kappa shape index (κ1) is 18.0. The molecule has 0 N–H and O–H groups in total. The van der Waals surface area contributed by atoms with Gasteiger partial charge in [0.25, 0.3) is 0 Å². The van der Waals surface area contributed by atoms with Crippen LogP contribution < -0.4 is 4.74 Å². The average molecular weight is 336 g/mol. The number of hydrogen-bond acceptors (Lipinski definition) is 2. The van der Waals surface area contributed by atoms with Crippen LogP contribution in [-0.4, -0.2) is 18.6 Å². The number of ether oxygens (including phenoxy) is 1. The van der Waals surface area contributed by atoms with Crippen LogP contribution in [0.25, 0.3) is 11.1 Å². The van der Waals surface area contributed by atoms with Gasteiger partial charge >= 0.3 is 6.18 Å². The molecule has 0 aliphatic heterocycles. The number of carbonyl (C=O) groups excluding carboxylic acids is 1. The fraction of sp³-hybridized carbons (Fsp3) is 0.316. The number of ketones is 1. The van der Waals surface area contributed by atoms with Crippen LogP contribution in [0.3, 0.4) is 0 Å². The second kappa shape index (κ2) is 8.52. The quantitative estimate of drug-likeness (QED) is 0.601. The summed E-state index contributed by atoms with van der Waals surface area (Å²) in [5.74, 6) is -0.930. The lowest BCUT2D eigenvalue weighted by molar-refractivity contribution is -0.171. The Morgan fingerprint density at radius 1 is 0.833 bits per heavy atom. The predicted octanol–water partition coefficient (Wildman–Crippen LogP) is 5.42. The molecule has 0 aromatic heterocycles. The van der Waals surface area contributed by atoms with Crippen molar-refractivity contribution in [2.45, 2.75) is 31.9 Å². The summed E-state index contributed by atoms with van der Waals surface area (Å²) in [6.45, 7) is 0.422. The lowest BCUT2D eigenvalue weighted by Crippen LogP contribution is -2.22. The van der Waals surface area contributed by atoms with Crippen LogP contribution in [0.2, 0.25) is 0 Å². The van der Waals surface area contributed by atoms with Crippen LogP contribution in [-0.2, 0) is 4.79 Å². The van der Waals surface area contributed by atoms with Gasteiger partial charge in [-0.1, -0.05) is 42.5 Å². The molecule has 2 aromatic rings. The number of Topliss-reactive ketones (excluding diaryl/α,β-unsaturated/α-hetero) is 1. The van der Waals surface area contributed by atoms with E-state index in [1.165, 1.54) is 0 Å². The van der Waals surface area contributed by atoms with E-state index in [2.05, 4.69) is 0 Å². The standard InChI is InChI=1S/C19H19F3O2/c20-19(21,22)18(23)9-5-2-6-14-24-17-12-10-16(11-13-17)15-7-3-1-4-8-15/h1,3-4,7-8,10-13H,2,5-6,9,14H2. The summed E-state index contributed by atoms with van der Waals surface area (Å²) in [7, 11) is 0. The number of unbranched alkanes of at least 4 members (excludes halogenated alkanes) is 2. The first-order valence-electron chi connectivity index (χ1n) is 7.85. The zero-order valence-corrected chi connectivity index (χ0v) is 13.2. The minimum atomic E-state index is -4.71. The van der Waals surface area contributed by atoms with Crippen molar-refractivity contribution in [3.05, 3.63) is 54.6 Å². The fourth-order valence-electron chi connectivity index (χ4n) is 2.27. The molecule has 0 fully saturated rings. The summed E-state index contributed by atoms with van der Waals surface area (Å²) in [5.41, 5.74) is 2.21. The Labute approximate surface area is 139 Å². The molecular formula is C19H19F3O2. The second-order valence-electron chi connectivity index (χ2n) is 5.47. The SMILES string of the molecule is O=C(CCCCCOc1ccc(-c2ccccc2)cc1)C(F)(F)F. The van der Waals surface area contributed by atoms with Gasteiger partial charge in [-0.15, -0.1) is 0 Å². The van der Waals surface area contributed by atoms with Crippen LogP contribution in [0.15, 0.2) is 54.6 Å². The lowest BCUT2D eigenvalue weighted by Gasteiger charge is -2.08. The molecule has 0 saturated carbocycles. The molecule has 0 saturated heterocycles. The number of carbonyl (C=O) groups is 1. The van der Waals surface area contributed by atoms with Gasteiger partial charge in [0.2, 0.25) is 5.78 Å². The molecule has 0 aliphatic rings. The zero-order valence-electron chi connectivity index (χ0n) is 13.2. The van der Waals surface area contributed by atoms with Crippen molar-refractivity contribution in [1.82, 2.24) is 0 Å². The zero-order chi connectivity index (χ0) is 17.4. The molecule has 0 aliphatic carbocycles. The molecule has 0 atom stereocenters. The van der Waals surface area contributed by atoms with Crippen molar-refractivity contribution in [3.63, 3.8) is 0 Å². The van der Waals surface area contributed by atoms with Gasteiger partial charge in [-0.3, -0.25) is 4.79 Å². The smallest absolute Gasteiger partial charge is 0.449 e. The maximum absolute atomic E-state index is 12.0. The van der Waals surface area contributed by atoms with Gasteiger partial charge in [0, 0.05) is 6.42 Å². The van der Waals surface area contributed by atoms with Gasteiger partial charge in [0.05, 0.1) is 6.61 Å². The van der Waals surface area contributed by atoms with E-state index in [0.29, 0.717) is 19.4 Å². The van der Waals surface area contributed by atoms with Gasteiger partial charge in [0.15, 0.2) is 0 Å². The Balaban J connectivity index is 1.67. The lowest BCUT2D eigenvalue weighted by atomic mass is 10.1. The minimum Gasteiger partial charge on any atom is -0.494 e. The Bertz CT molecular complexity index is 634. The number of halogens is 3. The molecular weight excluding hydrogens is 317 g/mol. The molecule has 2 nitrogen and oxygen atoms in total. The van der Waals surface area contributed by atoms with Crippen molar-refractivity contribution in [2.75, 3.05) is 6.61 Å².